The first-order chi connectivity index (χ1) is 6.39. The van der Waals surface area contributed by atoms with Crippen molar-refractivity contribution in [1.29, 1.82) is 0 Å². The average Bonchev–Trinajstić information content (AvgIpc) is 2.02. The van der Waals surface area contributed by atoms with E-state index in [1.807, 2.05) is 0 Å². The van der Waals surface area contributed by atoms with Gasteiger partial charge in [-0.1, -0.05) is 6.07 Å². The molecule has 0 radical (unpaired) electrons. The summed E-state index contributed by atoms with van der Waals surface area (Å²) in [5, 5.41) is 12.3. The number of benzene rings is 1. The first-order valence-corrected chi connectivity index (χ1v) is 4.38. The van der Waals surface area contributed by atoms with Gasteiger partial charge in [0, 0.05) is 5.69 Å². The first kappa shape index (κ1) is 10.9. The average molecular weight is 198 g/mol. The lowest BCUT2D eigenvalue weighted by Gasteiger charge is -2.27. The maximum Gasteiger partial charge on any atom is 0.142 e. The Morgan fingerprint density at radius 3 is 2.64 bits per heavy atom. The van der Waals surface area contributed by atoms with Crippen LogP contribution in [0.1, 0.15) is 13.8 Å². The van der Waals surface area contributed by atoms with Crippen molar-refractivity contribution >= 4 is 5.69 Å². The largest absolute Gasteiger partial charge is 0.372 e. The number of hydrogen-bond acceptors (Lipinski definition) is 3. The van der Waals surface area contributed by atoms with E-state index in [0.717, 1.165) is 0 Å². The number of nitrogens with one attached hydrogen (secondary N) is 1. The van der Waals surface area contributed by atoms with Crippen LogP contribution in [0.4, 0.5) is 10.1 Å². The van der Waals surface area contributed by atoms with Crippen LogP contribution in [0.5, 0.6) is 0 Å². The number of anilines is 1. The molecule has 14 heavy (non-hydrogen) atoms. The number of aliphatic hydroxyl groups excluding tert-OH is 1. The molecular formula is C10H15FN2O. The monoisotopic (exact) mass is 198 g/mol. The third-order valence-corrected chi connectivity index (χ3v) is 1.83. The Labute approximate surface area is 82.7 Å². The molecule has 0 aliphatic heterocycles. The van der Waals surface area contributed by atoms with Gasteiger partial charge in [0.05, 0.1) is 5.54 Å². The van der Waals surface area contributed by atoms with Crippen molar-refractivity contribution in [2.75, 3.05) is 5.32 Å². The lowest BCUT2D eigenvalue weighted by molar-refractivity contribution is 0.130. The minimum atomic E-state index is -0.913. The maximum atomic E-state index is 12.8. The summed E-state index contributed by atoms with van der Waals surface area (Å²) in [6.07, 6.45) is -0.913. The zero-order valence-electron chi connectivity index (χ0n) is 8.29. The minimum absolute atomic E-state index is 0.350. The van der Waals surface area contributed by atoms with Crippen LogP contribution in [0.15, 0.2) is 24.3 Å². The van der Waals surface area contributed by atoms with Crippen molar-refractivity contribution in [3.05, 3.63) is 30.1 Å². The summed E-state index contributed by atoms with van der Waals surface area (Å²) in [6, 6.07) is 5.87. The van der Waals surface area contributed by atoms with Crippen LogP contribution in [0.3, 0.4) is 0 Å². The summed E-state index contributed by atoms with van der Waals surface area (Å²) in [7, 11) is 0. The van der Waals surface area contributed by atoms with E-state index in [-0.39, 0.29) is 5.82 Å². The van der Waals surface area contributed by atoms with Crippen molar-refractivity contribution in [3.63, 3.8) is 0 Å². The fourth-order valence-corrected chi connectivity index (χ4v) is 0.922. The van der Waals surface area contributed by atoms with Gasteiger partial charge in [-0.25, -0.2) is 4.39 Å². The number of aliphatic hydroxyl groups is 1. The molecule has 1 aromatic rings. The van der Waals surface area contributed by atoms with Crippen LogP contribution in [-0.2, 0) is 0 Å². The van der Waals surface area contributed by atoms with Crippen molar-refractivity contribution in [1.82, 2.24) is 0 Å². The van der Waals surface area contributed by atoms with E-state index in [1.165, 1.54) is 12.1 Å². The molecule has 0 aliphatic rings. The second-order valence-corrected chi connectivity index (χ2v) is 3.88. The predicted molar refractivity (Wildman–Crippen MR) is 54.3 cm³/mol. The van der Waals surface area contributed by atoms with Crippen molar-refractivity contribution in [2.45, 2.75) is 25.6 Å². The van der Waals surface area contributed by atoms with E-state index in [1.54, 1.807) is 26.0 Å². The second-order valence-electron chi connectivity index (χ2n) is 3.88. The van der Waals surface area contributed by atoms with Gasteiger partial charge >= 0.3 is 0 Å². The van der Waals surface area contributed by atoms with Gasteiger partial charge < -0.3 is 16.2 Å². The van der Waals surface area contributed by atoms with E-state index in [0.29, 0.717) is 5.69 Å². The summed E-state index contributed by atoms with van der Waals surface area (Å²) in [6.45, 7) is 3.37. The molecule has 4 heteroatoms. The first-order valence-electron chi connectivity index (χ1n) is 4.38. The second kappa shape index (κ2) is 3.94. The Bertz CT molecular complexity index is 309. The van der Waals surface area contributed by atoms with Crippen LogP contribution in [-0.4, -0.2) is 16.9 Å². The lowest BCUT2D eigenvalue weighted by Crippen LogP contribution is -2.49. The molecule has 78 valence electrons. The number of halogens is 1. The fraction of sp³-hybridized carbons (Fsp3) is 0.400. The van der Waals surface area contributed by atoms with Crippen LogP contribution >= 0.6 is 0 Å². The zero-order valence-corrected chi connectivity index (χ0v) is 8.29. The summed E-state index contributed by atoms with van der Waals surface area (Å²) >= 11 is 0. The summed E-state index contributed by atoms with van der Waals surface area (Å²) in [5.74, 6) is -0.350. The molecule has 1 rings (SSSR count). The maximum absolute atomic E-state index is 12.8. The molecule has 1 unspecified atom stereocenters. The van der Waals surface area contributed by atoms with Gasteiger partial charge in [-0.05, 0) is 32.0 Å². The van der Waals surface area contributed by atoms with Crippen molar-refractivity contribution < 1.29 is 9.50 Å². The predicted octanol–water partition coefficient (Wildman–Crippen LogP) is 1.29. The number of rotatable bonds is 3. The minimum Gasteiger partial charge on any atom is -0.372 e. The highest BCUT2D eigenvalue weighted by atomic mass is 19.1. The van der Waals surface area contributed by atoms with Crippen LogP contribution in [0.2, 0.25) is 0 Å². The topological polar surface area (TPSA) is 58.3 Å². The van der Waals surface area contributed by atoms with Gasteiger partial charge in [-0.15, -0.1) is 0 Å². The van der Waals surface area contributed by atoms with E-state index < -0.39 is 11.8 Å². The van der Waals surface area contributed by atoms with Gasteiger partial charge in [0.15, 0.2) is 0 Å². The van der Waals surface area contributed by atoms with E-state index >= 15 is 0 Å². The smallest absolute Gasteiger partial charge is 0.142 e. The Morgan fingerprint density at radius 1 is 1.50 bits per heavy atom. The highest BCUT2D eigenvalue weighted by Crippen LogP contribution is 2.13. The zero-order chi connectivity index (χ0) is 10.8. The van der Waals surface area contributed by atoms with Gasteiger partial charge in [-0.3, -0.25) is 0 Å². The highest BCUT2D eigenvalue weighted by Gasteiger charge is 2.22. The molecule has 1 atom stereocenters. The molecule has 0 aliphatic carbocycles. The van der Waals surface area contributed by atoms with Crippen molar-refractivity contribution in [2.24, 2.45) is 5.73 Å². The summed E-state index contributed by atoms with van der Waals surface area (Å²) < 4.78 is 12.8. The molecular weight excluding hydrogens is 183 g/mol. The van der Waals surface area contributed by atoms with Crippen LogP contribution < -0.4 is 11.1 Å². The lowest BCUT2D eigenvalue weighted by atomic mass is 10.1. The molecule has 0 saturated carbocycles. The summed E-state index contributed by atoms with van der Waals surface area (Å²) in [4.78, 5) is 0. The van der Waals surface area contributed by atoms with E-state index in [9.17, 15) is 9.50 Å². The molecule has 0 bridgehead atoms. The fourth-order valence-electron chi connectivity index (χ4n) is 0.922. The SMILES string of the molecule is CC(C)(N)C(O)Nc1cccc(F)c1. The van der Waals surface area contributed by atoms with Gasteiger partial charge in [0.1, 0.15) is 12.0 Å². The Balaban J connectivity index is 2.70. The normalized spacial score (nSPS) is 13.8. The molecule has 0 amide bonds. The van der Waals surface area contributed by atoms with Crippen LogP contribution in [0, 0.1) is 5.82 Å². The van der Waals surface area contributed by atoms with Gasteiger partial charge in [0.2, 0.25) is 0 Å². The van der Waals surface area contributed by atoms with E-state index in [4.69, 9.17) is 5.73 Å². The van der Waals surface area contributed by atoms with Crippen LogP contribution in [0.25, 0.3) is 0 Å². The molecule has 0 fully saturated rings. The molecule has 0 heterocycles. The third-order valence-electron chi connectivity index (χ3n) is 1.83. The molecule has 1 aromatic carbocycles. The standard InChI is InChI=1S/C10H15FN2O/c1-10(2,12)9(14)13-8-5-3-4-7(11)6-8/h3-6,9,13-14H,12H2,1-2H3. The Kier molecular flexibility index (Phi) is 3.08. The summed E-state index contributed by atoms with van der Waals surface area (Å²) in [5.41, 5.74) is 5.40. The molecule has 0 spiro atoms. The van der Waals surface area contributed by atoms with Gasteiger partial charge in [0.25, 0.3) is 0 Å². The molecule has 0 saturated heterocycles. The highest BCUT2D eigenvalue weighted by molar-refractivity contribution is 5.43. The molecule has 3 nitrogen and oxygen atoms in total. The quantitative estimate of drug-likeness (QED) is 0.641. The van der Waals surface area contributed by atoms with E-state index in [2.05, 4.69) is 5.32 Å². The molecule has 0 aromatic heterocycles. The number of nitrogens with two attached hydrogens (primary N) is 1. The number of hydrogen-bond donors (Lipinski definition) is 3. The molecule has 4 N–H and O–H groups in total. The Morgan fingerprint density at radius 2 is 2.14 bits per heavy atom. The van der Waals surface area contributed by atoms with Gasteiger partial charge in [-0.2, -0.15) is 0 Å². The van der Waals surface area contributed by atoms with Crippen molar-refractivity contribution in [3.8, 4) is 0 Å². The Hall–Kier alpha value is -1.13. The third kappa shape index (κ3) is 2.97.